The fraction of sp³-hybridized carbons (Fsp3) is 0.150. The fourth-order valence-corrected chi connectivity index (χ4v) is 3.42. The zero-order chi connectivity index (χ0) is 21.0. The number of ether oxygens (including phenoxy) is 1. The number of nitro benzene ring substituents is 1. The highest BCUT2D eigenvalue weighted by Crippen LogP contribution is 2.29. The molecule has 2 aromatic carbocycles. The number of nitrogens with zero attached hydrogens (tertiary/aromatic N) is 2. The summed E-state index contributed by atoms with van der Waals surface area (Å²) in [6.45, 7) is 3.18. The maximum absolute atomic E-state index is 12.7. The Labute approximate surface area is 170 Å². The Morgan fingerprint density at radius 1 is 1.14 bits per heavy atom. The van der Waals surface area contributed by atoms with Crippen molar-refractivity contribution in [3.05, 3.63) is 74.6 Å². The molecule has 0 saturated heterocycles. The van der Waals surface area contributed by atoms with Gasteiger partial charge in [0.1, 0.15) is 10.6 Å². The van der Waals surface area contributed by atoms with Crippen molar-refractivity contribution in [1.29, 1.82) is 0 Å². The van der Waals surface area contributed by atoms with E-state index in [0.29, 0.717) is 15.6 Å². The van der Waals surface area contributed by atoms with E-state index in [1.807, 2.05) is 30.3 Å². The predicted molar refractivity (Wildman–Crippen MR) is 109 cm³/mol. The third kappa shape index (κ3) is 4.64. The number of hydrogen-bond acceptors (Lipinski definition) is 7. The highest BCUT2D eigenvalue weighted by molar-refractivity contribution is 7.14. The Morgan fingerprint density at radius 3 is 2.48 bits per heavy atom. The van der Waals surface area contributed by atoms with Crippen LogP contribution in [0.2, 0.25) is 0 Å². The van der Waals surface area contributed by atoms with Gasteiger partial charge in [0.25, 0.3) is 11.6 Å². The first-order valence-corrected chi connectivity index (χ1v) is 9.46. The van der Waals surface area contributed by atoms with E-state index in [2.05, 4.69) is 10.3 Å². The Balaban J connectivity index is 1.75. The van der Waals surface area contributed by atoms with Gasteiger partial charge in [-0.1, -0.05) is 42.5 Å². The largest absolute Gasteiger partial charge is 0.448 e. The van der Waals surface area contributed by atoms with Crippen molar-refractivity contribution in [2.75, 3.05) is 5.32 Å². The number of carbonyl (C=O) groups excluding carboxylic acids is 2. The quantitative estimate of drug-likeness (QED) is 0.369. The number of amides is 1. The number of carbonyl (C=O) groups is 2. The van der Waals surface area contributed by atoms with Gasteiger partial charge in [0.05, 0.1) is 15.6 Å². The molecule has 0 bridgehead atoms. The Kier molecular flexibility index (Phi) is 5.99. The van der Waals surface area contributed by atoms with Crippen molar-refractivity contribution < 1.29 is 19.2 Å². The molecule has 1 atom stereocenters. The third-order valence-electron chi connectivity index (χ3n) is 3.98. The summed E-state index contributed by atoms with van der Waals surface area (Å²) in [6.07, 6.45) is -1.16. The first-order chi connectivity index (χ1) is 13.9. The molecule has 0 aliphatic heterocycles. The van der Waals surface area contributed by atoms with Gasteiger partial charge in [-0.25, -0.2) is 9.78 Å². The van der Waals surface area contributed by atoms with Crippen molar-refractivity contribution in [1.82, 2.24) is 4.98 Å². The number of aromatic nitrogens is 1. The smallest absolute Gasteiger partial charge is 0.351 e. The van der Waals surface area contributed by atoms with Gasteiger partial charge in [-0.3, -0.25) is 14.9 Å². The molecule has 0 fully saturated rings. The third-order valence-corrected chi connectivity index (χ3v) is 4.93. The first-order valence-electron chi connectivity index (χ1n) is 8.65. The Hall–Kier alpha value is -3.59. The number of rotatable bonds is 6. The van der Waals surface area contributed by atoms with Gasteiger partial charge in [0.15, 0.2) is 6.10 Å². The summed E-state index contributed by atoms with van der Waals surface area (Å²) >= 11 is 1.17. The molecule has 0 unspecified atom stereocenters. The maximum Gasteiger partial charge on any atom is 0.351 e. The van der Waals surface area contributed by atoms with Crippen LogP contribution in [0.3, 0.4) is 0 Å². The molecule has 9 heteroatoms. The molecule has 3 rings (SSSR count). The summed E-state index contributed by atoms with van der Waals surface area (Å²) in [5, 5.41) is 14.2. The number of esters is 1. The standard InChI is InChI=1S/C20H17N3O5S/c1-12(19(24)22-15-10-6-7-11-16(15)23(26)27)28-20(25)18-17(21-13(2)29-18)14-8-4-3-5-9-14/h3-12H,1-2H3,(H,22,24)/t12-/m0/s1. The van der Waals surface area contributed by atoms with Crippen molar-refractivity contribution in [2.45, 2.75) is 20.0 Å². The number of thiazole rings is 1. The van der Waals surface area contributed by atoms with E-state index in [-0.39, 0.29) is 11.4 Å². The van der Waals surface area contributed by atoms with E-state index in [0.717, 1.165) is 5.56 Å². The van der Waals surface area contributed by atoms with Crippen LogP contribution in [-0.4, -0.2) is 27.9 Å². The zero-order valence-electron chi connectivity index (χ0n) is 15.6. The van der Waals surface area contributed by atoms with Gasteiger partial charge in [-0.05, 0) is 19.9 Å². The minimum Gasteiger partial charge on any atom is -0.448 e. The molecule has 1 aromatic heterocycles. The predicted octanol–water partition coefficient (Wildman–Crippen LogP) is 4.21. The average Bonchev–Trinajstić information content (AvgIpc) is 3.10. The lowest BCUT2D eigenvalue weighted by Gasteiger charge is -2.13. The van der Waals surface area contributed by atoms with Gasteiger partial charge in [0.2, 0.25) is 0 Å². The summed E-state index contributed by atoms with van der Waals surface area (Å²) in [6, 6.07) is 14.9. The molecule has 148 valence electrons. The van der Waals surface area contributed by atoms with E-state index in [4.69, 9.17) is 4.74 Å². The van der Waals surface area contributed by atoms with E-state index < -0.39 is 22.9 Å². The van der Waals surface area contributed by atoms with E-state index in [1.54, 1.807) is 13.0 Å². The fourth-order valence-electron chi connectivity index (χ4n) is 2.60. The molecular formula is C20H17N3O5S. The highest BCUT2D eigenvalue weighted by atomic mass is 32.1. The molecule has 29 heavy (non-hydrogen) atoms. The number of aryl methyl sites for hydroxylation is 1. The average molecular weight is 411 g/mol. The Morgan fingerprint density at radius 2 is 1.79 bits per heavy atom. The lowest BCUT2D eigenvalue weighted by molar-refractivity contribution is -0.383. The summed E-state index contributed by atoms with van der Waals surface area (Å²) in [7, 11) is 0. The van der Waals surface area contributed by atoms with Crippen LogP contribution in [-0.2, 0) is 9.53 Å². The van der Waals surface area contributed by atoms with Crippen LogP contribution in [0.1, 0.15) is 21.6 Å². The number of benzene rings is 2. The van der Waals surface area contributed by atoms with E-state index in [9.17, 15) is 19.7 Å². The maximum atomic E-state index is 12.7. The van der Waals surface area contributed by atoms with Gasteiger partial charge in [0, 0.05) is 11.6 Å². The van der Waals surface area contributed by atoms with Gasteiger partial charge >= 0.3 is 5.97 Å². The molecular weight excluding hydrogens is 394 g/mol. The number of nitro groups is 1. The van der Waals surface area contributed by atoms with Crippen LogP contribution in [0, 0.1) is 17.0 Å². The molecule has 0 aliphatic carbocycles. The second kappa shape index (κ2) is 8.61. The monoisotopic (exact) mass is 411 g/mol. The van der Waals surface area contributed by atoms with Crippen molar-refractivity contribution >= 4 is 34.6 Å². The van der Waals surface area contributed by atoms with Crippen molar-refractivity contribution in [2.24, 2.45) is 0 Å². The zero-order valence-corrected chi connectivity index (χ0v) is 16.4. The molecule has 8 nitrogen and oxygen atoms in total. The molecule has 0 spiro atoms. The molecule has 1 N–H and O–H groups in total. The van der Waals surface area contributed by atoms with Crippen molar-refractivity contribution in [3.8, 4) is 11.3 Å². The lowest BCUT2D eigenvalue weighted by atomic mass is 10.1. The summed E-state index contributed by atoms with van der Waals surface area (Å²) in [5.74, 6) is -1.35. The van der Waals surface area contributed by atoms with Crippen LogP contribution in [0.25, 0.3) is 11.3 Å². The van der Waals surface area contributed by atoms with Crippen LogP contribution in [0.4, 0.5) is 11.4 Å². The molecule has 3 aromatic rings. The molecule has 0 radical (unpaired) electrons. The molecule has 0 aliphatic rings. The summed E-state index contributed by atoms with van der Waals surface area (Å²) in [5.41, 5.74) is 1.04. The number of nitrogens with one attached hydrogen (secondary N) is 1. The van der Waals surface area contributed by atoms with Gasteiger partial charge in [-0.2, -0.15) is 0 Å². The van der Waals surface area contributed by atoms with Gasteiger partial charge < -0.3 is 10.1 Å². The Bertz CT molecular complexity index is 1060. The van der Waals surface area contributed by atoms with Crippen LogP contribution >= 0.6 is 11.3 Å². The number of hydrogen-bond donors (Lipinski definition) is 1. The minimum atomic E-state index is -1.16. The van der Waals surface area contributed by atoms with Crippen LogP contribution in [0.15, 0.2) is 54.6 Å². The summed E-state index contributed by atoms with van der Waals surface area (Å²) in [4.78, 5) is 40.2. The minimum absolute atomic E-state index is 0.0315. The lowest BCUT2D eigenvalue weighted by Crippen LogP contribution is -2.30. The van der Waals surface area contributed by atoms with Gasteiger partial charge in [-0.15, -0.1) is 11.3 Å². The van der Waals surface area contributed by atoms with E-state index in [1.165, 1.54) is 36.5 Å². The molecule has 0 saturated carbocycles. The number of anilines is 1. The molecule has 1 heterocycles. The summed E-state index contributed by atoms with van der Waals surface area (Å²) < 4.78 is 5.30. The highest BCUT2D eigenvalue weighted by Gasteiger charge is 2.25. The van der Waals surface area contributed by atoms with Crippen LogP contribution in [0.5, 0.6) is 0 Å². The normalized spacial score (nSPS) is 11.5. The second-order valence-electron chi connectivity index (χ2n) is 6.09. The van der Waals surface area contributed by atoms with E-state index >= 15 is 0 Å². The van der Waals surface area contributed by atoms with Crippen molar-refractivity contribution in [3.63, 3.8) is 0 Å². The first kappa shape index (κ1) is 20.2. The SMILES string of the molecule is Cc1nc(-c2ccccc2)c(C(=O)O[C@@H](C)C(=O)Nc2ccccc2[N+](=O)[O-])s1. The topological polar surface area (TPSA) is 111 Å². The molecule has 1 amide bonds. The number of para-hydroxylation sites is 2. The van der Waals surface area contributed by atoms with Crippen LogP contribution < -0.4 is 5.32 Å². The second-order valence-corrected chi connectivity index (χ2v) is 7.29.